The van der Waals surface area contributed by atoms with Gasteiger partial charge in [-0.2, -0.15) is 11.8 Å². The number of amides is 4. The third-order valence-electron chi connectivity index (χ3n) is 4.67. The number of carbonyl (C=O) groups is 5. The average molecular weight is 490 g/mol. The lowest BCUT2D eigenvalue weighted by atomic mass is 10.0. The predicted octanol–water partition coefficient (Wildman–Crippen LogP) is -0.427. The number of primary amides is 1. The van der Waals surface area contributed by atoms with Crippen LogP contribution in [0, 0.1) is 11.8 Å². The summed E-state index contributed by atoms with van der Waals surface area (Å²) in [4.78, 5) is 60.7. The monoisotopic (exact) mass is 489 g/mol. The van der Waals surface area contributed by atoms with Crippen molar-refractivity contribution in [3.05, 3.63) is 0 Å². The smallest absolute Gasteiger partial charge is 0.326 e. The van der Waals surface area contributed by atoms with Gasteiger partial charge < -0.3 is 32.5 Å². The van der Waals surface area contributed by atoms with E-state index in [9.17, 15) is 29.1 Å². The molecule has 0 saturated carbocycles. The van der Waals surface area contributed by atoms with Crippen LogP contribution in [-0.4, -0.2) is 70.9 Å². The zero-order valence-corrected chi connectivity index (χ0v) is 20.9. The Labute approximate surface area is 199 Å². The first-order valence-electron chi connectivity index (χ1n) is 10.9. The second-order valence-electron chi connectivity index (χ2n) is 8.84. The molecule has 33 heavy (non-hydrogen) atoms. The van der Waals surface area contributed by atoms with Gasteiger partial charge in [-0.25, -0.2) is 4.79 Å². The Hall–Kier alpha value is -2.34. The third kappa shape index (κ3) is 13.1. The minimum atomic E-state index is -1.51. The van der Waals surface area contributed by atoms with E-state index in [1.165, 1.54) is 11.8 Å². The number of carbonyl (C=O) groups excluding carboxylic acids is 4. The molecule has 0 aromatic carbocycles. The van der Waals surface area contributed by atoms with E-state index >= 15 is 0 Å². The molecule has 0 radical (unpaired) electrons. The van der Waals surface area contributed by atoms with Crippen LogP contribution in [0.2, 0.25) is 0 Å². The fourth-order valence-corrected chi connectivity index (χ4v) is 3.52. The van der Waals surface area contributed by atoms with E-state index in [1.807, 2.05) is 34.0 Å². The summed E-state index contributed by atoms with van der Waals surface area (Å²) in [5.41, 5.74) is 11.0. The lowest BCUT2D eigenvalue weighted by Crippen LogP contribution is -2.57. The quantitative estimate of drug-likeness (QED) is 0.168. The fourth-order valence-electron chi connectivity index (χ4n) is 3.05. The maximum absolute atomic E-state index is 13.0. The number of hydrogen-bond donors (Lipinski definition) is 6. The molecule has 0 heterocycles. The number of rotatable bonds is 16. The minimum absolute atomic E-state index is 0.0147. The van der Waals surface area contributed by atoms with Crippen molar-refractivity contribution in [3.8, 4) is 0 Å². The van der Waals surface area contributed by atoms with E-state index in [0.717, 1.165) is 0 Å². The zero-order chi connectivity index (χ0) is 25.7. The number of nitrogens with one attached hydrogen (secondary N) is 3. The van der Waals surface area contributed by atoms with E-state index in [4.69, 9.17) is 11.5 Å². The summed E-state index contributed by atoms with van der Waals surface area (Å²) in [6, 6.07) is -4.26. The van der Waals surface area contributed by atoms with Crippen molar-refractivity contribution in [1.82, 2.24) is 16.0 Å². The summed E-state index contributed by atoms with van der Waals surface area (Å²) in [5, 5.41) is 16.8. The molecule has 0 aromatic rings. The highest BCUT2D eigenvalue weighted by Crippen LogP contribution is 2.09. The maximum atomic E-state index is 13.0. The van der Waals surface area contributed by atoms with Crippen LogP contribution >= 0.6 is 11.8 Å². The second kappa shape index (κ2) is 15.5. The average Bonchev–Trinajstić information content (AvgIpc) is 2.68. The number of hydrogen-bond acceptors (Lipinski definition) is 7. The van der Waals surface area contributed by atoms with Gasteiger partial charge in [-0.05, 0) is 43.1 Å². The second-order valence-corrected chi connectivity index (χ2v) is 9.82. The van der Waals surface area contributed by atoms with Crippen molar-refractivity contribution in [1.29, 1.82) is 0 Å². The Morgan fingerprint density at radius 1 is 0.818 bits per heavy atom. The van der Waals surface area contributed by atoms with Crippen LogP contribution in [0.5, 0.6) is 0 Å². The van der Waals surface area contributed by atoms with Crippen LogP contribution in [0.1, 0.15) is 53.4 Å². The van der Waals surface area contributed by atoms with E-state index < -0.39 is 60.2 Å². The number of thioether (sulfide) groups is 1. The van der Waals surface area contributed by atoms with Gasteiger partial charge in [0, 0.05) is 0 Å². The van der Waals surface area contributed by atoms with Crippen LogP contribution in [0.4, 0.5) is 0 Å². The largest absolute Gasteiger partial charge is 0.480 e. The van der Waals surface area contributed by atoms with Gasteiger partial charge in [0.25, 0.3) is 0 Å². The van der Waals surface area contributed by atoms with Crippen LogP contribution in [0.15, 0.2) is 0 Å². The lowest BCUT2D eigenvalue weighted by molar-refractivity contribution is -0.143. The Morgan fingerprint density at radius 2 is 1.30 bits per heavy atom. The molecule has 190 valence electrons. The van der Waals surface area contributed by atoms with Crippen LogP contribution in [-0.2, 0) is 24.0 Å². The molecule has 11 nitrogen and oxygen atoms in total. The number of nitrogens with two attached hydrogens (primary N) is 2. The topological polar surface area (TPSA) is 194 Å². The molecule has 4 amide bonds. The molecule has 8 N–H and O–H groups in total. The van der Waals surface area contributed by atoms with Gasteiger partial charge in [0.15, 0.2) is 0 Å². The van der Waals surface area contributed by atoms with Gasteiger partial charge in [-0.1, -0.05) is 27.7 Å². The molecule has 0 aliphatic rings. The first-order valence-corrected chi connectivity index (χ1v) is 12.3. The molecule has 4 unspecified atom stereocenters. The number of carboxylic acids is 1. The van der Waals surface area contributed by atoms with Crippen molar-refractivity contribution >= 4 is 41.4 Å². The molecular formula is C21H39N5O6S. The van der Waals surface area contributed by atoms with Gasteiger partial charge in [0.1, 0.15) is 18.1 Å². The van der Waals surface area contributed by atoms with Crippen molar-refractivity contribution in [2.24, 2.45) is 23.3 Å². The fraction of sp³-hybridized carbons (Fsp3) is 0.762. The highest BCUT2D eigenvalue weighted by molar-refractivity contribution is 7.98. The molecule has 12 heteroatoms. The normalized spacial score (nSPS) is 14.8. The number of aliphatic carboxylic acids is 1. The highest BCUT2D eigenvalue weighted by atomic mass is 32.2. The van der Waals surface area contributed by atoms with E-state index in [2.05, 4.69) is 16.0 Å². The summed E-state index contributed by atoms with van der Waals surface area (Å²) in [6.45, 7) is 7.54. The van der Waals surface area contributed by atoms with Crippen LogP contribution < -0.4 is 27.4 Å². The Balaban J connectivity index is 5.47. The van der Waals surface area contributed by atoms with Gasteiger partial charge >= 0.3 is 5.97 Å². The molecule has 0 aromatic heterocycles. The van der Waals surface area contributed by atoms with Crippen molar-refractivity contribution in [2.45, 2.75) is 77.5 Å². The Bertz CT molecular complexity index is 688. The first kappa shape index (κ1) is 30.7. The SMILES string of the molecule is CSCCC(NC(=O)C(N)CC(C)C)C(=O)NC(CC(C)C)C(=O)NC(CC(N)=O)C(=O)O. The molecule has 0 fully saturated rings. The molecule has 0 spiro atoms. The predicted molar refractivity (Wildman–Crippen MR) is 127 cm³/mol. The summed E-state index contributed by atoms with van der Waals surface area (Å²) in [5.74, 6) is -3.31. The van der Waals surface area contributed by atoms with Crippen molar-refractivity contribution < 1.29 is 29.1 Å². The van der Waals surface area contributed by atoms with Gasteiger partial charge in [-0.15, -0.1) is 0 Å². The molecule has 0 bridgehead atoms. The summed E-state index contributed by atoms with van der Waals surface area (Å²) < 4.78 is 0. The summed E-state index contributed by atoms with van der Waals surface area (Å²) in [6.07, 6.45) is 2.28. The Morgan fingerprint density at radius 3 is 1.76 bits per heavy atom. The van der Waals surface area contributed by atoms with Crippen LogP contribution in [0.25, 0.3) is 0 Å². The number of carboxylic acid groups (broad SMARTS) is 1. The van der Waals surface area contributed by atoms with E-state index in [0.29, 0.717) is 18.6 Å². The summed E-state index contributed by atoms with van der Waals surface area (Å²) >= 11 is 1.50. The van der Waals surface area contributed by atoms with Gasteiger partial charge in [-0.3, -0.25) is 19.2 Å². The van der Waals surface area contributed by atoms with Crippen LogP contribution in [0.3, 0.4) is 0 Å². The summed E-state index contributed by atoms with van der Waals surface area (Å²) in [7, 11) is 0. The minimum Gasteiger partial charge on any atom is -0.480 e. The van der Waals surface area contributed by atoms with Gasteiger partial charge in [0.2, 0.25) is 23.6 Å². The zero-order valence-electron chi connectivity index (χ0n) is 20.1. The van der Waals surface area contributed by atoms with E-state index in [1.54, 1.807) is 0 Å². The standard InChI is InChI=1S/C21H39N5O6S/c1-11(2)8-13(22)18(28)24-14(6-7-33-5)19(29)25-15(9-12(3)4)20(30)26-16(21(31)32)10-17(23)27/h11-16H,6-10,22H2,1-5H3,(H2,23,27)(H,24,28)(H,25,29)(H,26,30)(H,31,32). The molecule has 0 aliphatic heterocycles. The van der Waals surface area contributed by atoms with Crippen molar-refractivity contribution in [2.75, 3.05) is 12.0 Å². The highest BCUT2D eigenvalue weighted by Gasteiger charge is 2.31. The van der Waals surface area contributed by atoms with E-state index in [-0.39, 0.29) is 18.3 Å². The third-order valence-corrected chi connectivity index (χ3v) is 5.31. The molecule has 0 saturated heterocycles. The maximum Gasteiger partial charge on any atom is 0.326 e. The molecule has 4 atom stereocenters. The van der Waals surface area contributed by atoms with Crippen molar-refractivity contribution in [3.63, 3.8) is 0 Å². The Kier molecular flexibility index (Phi) is 14.4. The molecular weight excluding hydrogens is 450 g/mol. The molecule has 0 rings (SSSR count). The first-order chi connectivity index (χ1) is 15.3. The lowest BCUT2D eigenvalue weighted by Gasteiger charge is -2.26. The van der Waals surface area contributed by atoms with Gasteiger partial charge in [0.05, 0.1) is 12.5 Å². The molecule has 0 aliphatic carbocycles.